The van der Waals surface area contributed by atoms with E-state index in [2.05, 4.69) is 31.9 Å². The van der Waals surface area contributed by atoms with Crippen LogP contribution in [0.3, 0.4) is 0 Å². The number of aliphatic hydroxyl groups is 2. The molecule has 0 fully saturated rings. The van der Waals surface area contributed by atoms with Crippen LogP contribution in [0.15, 0.2) is 8.96 Å². The van der Waals surface area contributed by atoms with Gasteiger partial charge in [0, 0.05) is 6.54 Å². The molecule has 0 bridgehead atoms. The number of carboxylic acids is 1. The highest BCUT2D eigenvalue weighted by Gasteiger charge is 2.36. The lowest BCUT2D eigenvalue weighted by Gasteiger charge is -2.23. The summed E-state index contributed by atoms with van der Waals surface area (Å²) >= 11 is 6.18. The first-order valence-corrected chi connectivity index (χ1v) is 5.42. The minimum atomic E-state index is -0.987. The molecule has 0 aromatic rings. The monoisotopic (exact) mass is 329 g/mol. The Kier molecular flexibility index (Phi) is 4.08. The summed E-state index contributed by atoms with van der Waals surface area (Å²) in [6, 6.07) is 0. The largest absolute Gasteiger partial charge is 0.481 e. The molecule has 1 aliphatic heterocycles. The van der Waals surface area contributed by atoms with Crippen molar-refractivity contribution in [3.63, 3.8) is 0 Å². The molecular weight excluding hydrogens is 322 g/mol. The van der Waals surface area contributed by atoms with Crippen molar-refractivity contribution in [2.45, 2.75) is 18.9 Å². The summed E-state index contributed by atoms with van der Waals surface area (Å²) in [5, 5.41) is 27.6. The second kappa shape index (κ2) is 4.71. The lowest BCUT2D eigenvalue weighted by molar-refractivity contribution is -0.138. The van der Waals surface area contributed by atoms with Gasteiger partial charge in [-0.3, -0.25) is 4.79 Å². The maximum atomic E-state index is 10.3. The number of carboxylic acid groups (broad SMARTS) is 1. The number of rotatable bonds is 3. The molecule has 0 radical (unpaired) electrons. The molecule has 1 aliphatic rings. The van der Waals surface area contributed by atoms with Gasteiger partial charge in [-0.15, -0.1) is 0 Å². The van der Waals surface area contributed by atoms with Crippen molar-refractivity contribution in [1.82, 2.24) is 4.90 Å². The Balaban J connectivity index is 2.62. The normalized spacial score (nSPS) is 28.6. The molecule has 7 heteroatoms. The van der Waals surface area contributed by atoms with Crippen LogP contribution in [0.25, 0.3) is 0 Å². The van der Waals surface area contributed by atoms with E-state index in [1.165, 1.54) is 4.90 Å². The predicted octanol–water partition coefficient (Wildman–Crippen LogP) is 0.415. The molecule has 0 spiro atoms. The summed E-state index contributed by atoms with van der Waals surface area (Å²) in [5.74, 6) is -0.969. The topological polar surface area (TPSA) is 81.0 Å². The number of nitrogens with zero attached hydrogens (tertiary/aromatic N) is 1. The fourth-order valence-corrected chi connectivity index (χ4v) is 2.08. The average molecular weight is 331 g/mol. The van der Waals surface area contributed by atoms with Crippen LogP contribution in [0.4, 0.5) is 0 Å². The summed E-state index contributed by atoms with van der Waals surface area (Å²) < 4.78 is 0.853. The fraction of sp³-hybridized carbons (Fsp3) is 0.571. The van der Waals surface area contributed by atoms with E-state index in [-0.39, 0.29) is 13.0 Å². The van der Waals surface area contributed by atoms with Crippen LogP contribution in [0.1, 0.15) is 6.42 Å². The van der Waals surface area contributed by atoms with Gasteiger partial charge in [0.2, 0.25) is 0 Å². The number of aliphatic hydroxyl groups excluding tert-OH is 2. The predicted molar refractivity (Wildman–Crippen MR) is 55.9 cm³/mol. The molecule has 1 heterocycles. The van der Waals surface area contributed by atoms with Crippen LogP contribution in [-0.2, 0) is 4.79 Å². The van der Waals surface area contributed by atoms with Crippen LogP contribution in [0, 0.1) is 0 Å². The van der Waals surface area contributed by atoms with Crippen LogP contribution in [-0.4, -0.2) is 45.2 Å². The lowest BCUT2D eigenvalue weighted by Crippen LogP contribution is -2.39. The first kappa shape index (κ1) is 12.1. The highest BCUT2D eigenvalue weighted by molar-refractivity contribution is 9.14. The van der Waals surface area contributed by atoms with Gasteiger partial charge >= 0.3 is 5.97 Å². The molecule has 2 unspecified atom stereocenters. The summed E-state index contributed by atoms with van der Waals surface area (Å²) in [6.07, 6.45) is -2.10. The number of aliphatic carboxylic acids is 1. The zero-order valence-electron chi connectivity index (χ0n) is 7.02. The molecule has 1 rings (SSSR count). The minimum absolute atomic E-state index is 0.0852. The van der Waals surface area contributed by atoms with Crippen LogP contribution in [0.2, 0.25) is 0 Å². The molecule has 14 heavy (non-hydrogen) atoms. The smallest absolute Gasteiger partial charge is 0.304 e. The van der Waals surface area contributed by atoms with Crippen molar-refractivity contribution < 1.29 is 20.1 Å². The Morgan fingerprint density at radius 1 is 1.29 bits per heavy atom. The van der Waals surface area contributed by atoms with E-state index in [1.807, 2.05) is 0 Å². The van der Waals surface area contributed by atoms with Crippen LogP contribution in [0.5, 0.6) is 0 Å². The van der Waals surface area contributed by atoms with Gasteiger partial charge < -0.3 is 15.3 Å². The highest BCUT2D eigenvalue weighted by Crippen LogP contribution is 2.35. The Morgan fingerprint density at radius 3 is 2.07 bits per heavy atom. The maximum absolute atomic E-state index is 10.3. The molecule has 2 atom stereocenters. The Hall–Kier alpha value is 0.0500. The van der Waals surface area contributed by atoms with Crippen LogP contribution < -0.4 is 0 Å². The highest BCUT2D eigenvalue weighted by atomic mass is 79.9. The van der Waals surface area contributed by atoms with E-state index in [9.17, 15) is 15.0 Å². The number of carbonyl (C=O) groups is 1. The third-order valence-corrected chi connectivity index (χ3v) is 4.10. The van der Waals surface area contributed by atoms with Gasteiger partial charge in [0.15, 0.2) is 0 Å². The maximum Gasteiger partial charge on any atom is 0.304 e. The lowest BCUT2D eigenvalue weighted by atomic mass is 10.4. The Labute approximate surface area is 97.3 Å². The van der Waals surface area contributed by atoms with Gasteiger partial charge in [-0.2, -0.15) is 0 Å². The second-order valence-corrected chi connectivity index (χ2v) is 4.53. The van der Waals surface area contributed by atoms with Gasteiger partial charge in [-0.05, 0) is 0 Å². The van der Waals surface area contributed by atoms with E-state index in [1.54, 1.807) is 0 Å². The van der Waals surface area contributed by atoms with Gasteiger partial charge in [-0.1, -0.05) is 31.9 Å². The standard InChI is InChI=1S/C7H9Br2NO4/c8-4-5(9)7(14)10(6(4)13)2-1-3(11)12/h6-7,13-14H,1-2H2,(H,11,12). The average Bonchev–Trinajstić information content (AvgIpc) is 2.29. The molecule has 80 valence electrons. The van der Waals surface area contributed by atoms with Crippen molar-refractivity contribution in [3.05, 3.63) is 8.96 Å². The number of halogens is 2. The van der Waals surface area contributed by atoms with E-state index in [0.29, 0.717) is 8.96 Å². The van der Waals surface area contributed by atoms with Crippen LogP contribution >= 0.6 is 31.9 Å². The van der Waals surface area contributed by atoms with Gasteiger partial charge in [0.05, 0.1) is 15.4 Å². The molecular formula is C7H9Br2NO4. The zero-order valence-corrected chi connectivity index (χ0v) is 10.2. The van der Waals surface area contributed by atoms with E-state index >= 15 is 0 Å². The van der Waals surface area contributed by atoms with Crippen molar-refractivity contribution in [2.24, 2.45) is 0 Å². The quantitative estimate of drug-likeness (QED) is 0.698. The van der Waals surface area contributed by atoms with Gasteiger partial charge in [0.1, 0.15) is 12.5 Å². The summed E-state index contributed by atoms with van der Waals surface area (Å²) in [5.41, 5.74) is 0. The summed E-state index contributed by atoms with van der Waals surface area (Å²) in [7, 11) is 0. The first-order chi connectivity index (χ1) is 6.45. The van der Waals surface area contributed by atoms with E-state index in [4.69, 9.17) is 5.11 Å². The third kappa shape index (κ3) is 2.34. The molecule has 0 saturated heterocycles. The fourth-order valence-electron chi connectivity index (χ4n) is 1.14. The van der Waals surface area contributed by atoms with Crippen molar-refractivity contribution in [3.8, 4) is 0 Å². The second-order valence-electron chi connectivity index (χ2n) is 2.82. The summed E-state index contributed by atoms with van der Waals surface area (Å²) in [4.78, 5) is 11.6. The molecule has 3 N–H and O–H groups in total. The van der Waals surface area contributed by atoms with Crippen molar-refractivity contribution in [2.75, 3.05) is 6.54 Å². The first-order valence-electron chi connectivity index (χ1n) is 3.84. The van der Waals surface area contributed by atoms with E-state index in [0.717, 1.165) is 0 Å². The zero-order chi connectivity index (χ0) is 10.9. The SMILES string of the molecule is O=C(O)CCN1C(O)C(Br)=C(Br)C1O. The Bertz CT molecular complexity index is 263. The Morgan fingerprint density at radius 2 is 1.71 bits per heavy atom. The number of hydrogen-bond acceptors (Lipinski definition) is 4. The van der Waals surface area contributed by atoms with Crippen molar-refractivity contribution in [1.29, 1.82) is 0 Å². The molecule has 5 nitrogen and oxygen atoms in total. The van der Waals surface area contributed by atoms with Crippen molar-refractivity contribution >= 4 is 37.8 Å². The van der Waals surface area contributed by atoms with Gasteiger partial charge in [-0.25, -0.2) is 4.90 Å². The molecule has 0 aliphatic carbocycles. The summed E-state index contributed by atoms with van der Waals surface area (Å²) in [6.45, 7) is 0.0852. The van der Waals surface area contributed by atoms with E-state index < -0.39 is 18.4 Å². The van der Waals surface area contributed by atoms with Gasteiger partial charge in [0.25, 0.3) is 0 Å². The minimum Gasteiger partial charge on any atom is -0.481 e. The third-order valence-electron chi connectivity index (χ3n) is 1.89. The molecule has 0 amide bonds. The molecule has 0 saturated carbocycles. The molecule has 0 aromatic heterocycles. The molecule has 0 aromatic carbocycles. The number of hydrogen-bond donors (Lipinski definition) is 3.